The van der Waals surface area contributed by atoms with E-state index in [0.717, 1.165) is 12.1 Å². The van der Waals surface area contributed by atoms with Crippen LogP contribution in [0.25, 0.3) is 27.8 Å². The first-order valence-corrected chi connectivity index (χ1v) is 9.10. The summed E-state index contributed by atoms with van der Waals surface area (Å²) in [5.74, 6) is -2.08. The Hall–Kier alpha value is -3.88. The first-order chi connectivity index (χ1) is 14.6. The Morgan fingerprint density at radius 2 is 1.81 bits per heavy atom. The van der Waals surface area contributed by atoms with Crippen molar-refractivity contribution in [2.75, 3.05) is 5.32 Å². The monoisotopic (exact) mass is 428 g/mol. The Bertz CT molecular complexity index is 1300. The number of nitrogens with one attached hydrogen (secondary N) is 1. The van der Waals surface area contributed by atoms with E-state index in [1.807, 2.05) is 7.05 Å². The minimum absolute atomic E-state index is 0.346. The summed E-state index contributed by atoms with van der Waals surface area (Å²) in [5.41, 5.74) is 2.14. The highest BCUT2D eigenvalue weighted by molar-refractivity contribution is 6.04. The molecule has 0 aliphatic heterocycles. The van der Waals surface area contributed by atoms with Gasteiger partial charge in [-0.05, 0) is 42.5 Å². The van der Waals surface area contributed by atoms with E-state index in [0.29, 0.717) is 33.5 Å². The topological polar surface area (TPSA) is 51.9 Å². The van der Waals surface area contributed by atoms with Gasteiger partial charge < -0.3 is 14.5 Å². The number of hydrogen-bond donors (Lipinski definition) is 1. The number of rotatable bonds is 4. The number of anilines is 1. The van der Waals surface area contributed by atoms with Crippen LogP contribution in [0.2, 0.25) is 0 Å². The Balaban J connectivity index is 1.86. The quantitative estimate of drug-likeness (QED) is 0.346. The number of hydrogen-bond acceptors (Lipinski definition) is 2. The number of carbonyl (C=O) groups excluding carboxylic acids is 1. The lowest BCUT2D eigenvalue weighted by molar-refractivity contribution is -0.137. The van der Waals surface area contributed by atoms with Crippen LogP contribution in [0, 0.1) is 0 Å². The van der Waals surface area contributed by atoms with Crippen molar-refractivity contribution < 1.29 is 22.4 Å². The van der Waals surface area contributed by atoms with Gasteiger partial charge in [-0.2, -0.15) is 13.2 Å². The zero-order valence-corrected chi connectivity index (χ0v) is 16.2. The molecule has 1 amide bonds. The number of benzene rings is 2. The maximum atomic E-state index is 13.1. The number of aromatic nitrogens is 3. The fraction of sp³-hybridized carbons (Fsp3) is 0.0909. The molecule has 1 N–H and O–H groups in total. The van der Waals surface area contributed by atoms with Crippen LogP contribution < -0.4 is 5.32 Å². The lowest BCUT2D eigenvalue weighted by Crippen LogP contribution is -2.10. The van der Waals surface area contributed by atoms with Crippen LogP contribution in [0.5, 0.6) is 0 Å². The first-order valence-electron chi connectivity index (χ1n) is 9.10. The molecule has 0 aliphatic carbocycles. The summed E-state index contributed by atoms with van der Waals surface area (Å²) in [6, 6.07) is 9.72. The molecule has 9 heteroatoms. The SMILES string of the molecule is C=C(F)C(=O)Nc1ccc2c(c1)c(-c1cn(C)cn1)cn2-c1ccc(C(F)(F)F)cc1. The second kappa shape index (κ2) is 7.42. The van der Waals surface area contributed by atoms with Crippen molar-refractivity contribution in [2.45, 2.75) is 6.18 Å². The normalized spacial score (nSPS) is 11.6. The molecule has 0 unspecified atom stereocenters. The van der Waals surface area contributed by atoms with E-state index in [1.54, 1.807) is 46.1 Å². The average molecular weight is 428 g/mol. The molecule has 0 fully saturated rings. The highest BCUT2D eigenvalue weighted by Gasteiger charge is 2.30. The maximum Gasteiger partial charge on any atom is 0.416 e. The maximum absolute atomic E-state index is 13.1. The molecule has 2 aromatic carbocycles. The zero-order chi connectivity index (χ0) is 22.3. The Morgan fingerprint density at radius 1 is 1.10 bits per heavy atom. The van der Waals surface area contributed by atoms with Gasteiger partial charge in [0.05, 0.1) is 23.1 Å². The van der Waals surface area contributed by atoms with Crippen LogP contribution in [0.1, 0.15) is 5.56 Å². The number of aryl methyl sites for hydroxylation is 1. The van der Waals surface area contributed by atoms with E-state index in [1.165, 1.54) is 12.1 Å². The van der Waals surface area contributed by atoms with E-state index < -0.39 is 23.5 Å². The summed E-state index contributed by atoms with van der Waals surface area (Å²) < 4.78 is 55.3. The van der Waals surface area contributed by atoms with Crippen molar-refractivity contribution in [3.05, 3.63) is 79.2 Å². The fourth-order valence-electron chi connectivity index (χ4n) is 3.29. The van der Waals surface area contributed by atoms with Crippen molar-refractivity contribution in [3.63, 3.8) is 0 Å². The fourth-order valence-corrected chi connectivity index (χ4v) is 3.29. The first kappa shape index (κ1) is 20.4. The molecule has 0 saturated heterocycles. The largest absolute Gasteiger partial charge is 0.416 e. The molecule has 0 saturated carbocycles. The number of alkyl halides is 3. The van der Waals surface area contributed by atoms with E-state index in [2.05, 4.69) is 16.9 Å². The van der Waals surface area contributed by atoms with Gasteiger partial charge in [-0.25, -0.2) is 9.37 Å². The third-order valence-electron chi connectivity index (χ3n) is 4.76. The lowest BCUT2D eigenvalue weighted by atomic mass is 10.1. The number of carbonyl (C=O) groups is 1. The molecule has 2 aromatic heterocycles. The molecular weight excluding hydrogens is 412 g/mol. The average Bonchev–Trinajstić information content (AvgIpc) is 3.30. The minimum atomic E-state index is -4.43. The molecule has 5 nitrogen and oxygen atoms in total. The second-order valence-electron chi connectivity index (χ2n) is 6.97. The highest BCUT2D eigenvalue weighted by atomic mass is 19.4. The van der Waals surface area contributed by atoms with Crippen LogP contribution in [-0.2, 0) is 18.0 Å². The molecule has 2 heterocycles. The predicted octanol–water partition coefficient (Wildman–Crippen LogP) is 5.47. The molecule has 4 rings (SSSR count). The number of nitrogens with zero attached hydrogens (tertiary/aromatic N) is 3. The molecular formula is C22H16F4N4O. The van der Waals surface area contributed by atoms with Crippen molar-refractivity contribution >= 4 is 22.5 Å². The number of fused-ring (bicyclic) bond motifs is 1. The lowest BCUT2D eigenvalue weighted by Gasteiger charge is -2.10. The van der Waals surface area contributed by atoms with Gasteiger partial charge in [-0.1, -0.05) is 6.58 Å². The Labute approximate surface area is 174 Å². The Morgan fingerprint density at radius 3 is 2.39 bits per heavy atom. The van der Waals surface area contributed by atoms with Gasteiger partial charge in [-0.3, -0.25) is 4.79 Å². The smallest absolute Gasteiger partial charge is 0.340 e. The molecule has 31 heavy (non-hydrogen) atoms. The van der Waals surface area contributed by atoms with Gasteiger partial charge in [0, 0.05) is 41.8 Å². The van der Waals surface area contributed by atoms with E-state index in [-0.39, 0.29) is 0 Å². The second-order valence-corrected chi connectivity index (χ2v) is 6.97. The molecule has 158 valence electrons. The number of halogens is 4. The van der Waals surface area contributed by atoms with Gasteiger partial charge in [0.15, 0.2) is 5.83 Å². The van der Waals surface area contributed by atoms with Crippen molar-refractivity contribution in [2.24, 2.45) is 7.05 Å². The van der Waals surface area contributed by atoms with Crippen molar-refractivity contribution in [1.82, 2.24) is 14.1 Å². The highest BCUT2D eigenvalue weighted by Crippen LogP contribution is 2.35. The third kappa shape index (κ3) is 3.94. The van der Waals surface area contributed by atoms with E-state index in [4.69, 9.17) is 0 Å². The molecule has 0 spiro atoms. The van der Waals surface area contributed by atoms with Gasteiger partial charge >= 0.3 is 6.18 Å². The van der Waals surface area contributed by atoms with Crippen molar-refractivity contribution in [3.8, 4) is 16.9 Å². The van der Waals surface area contributed by atoms with Gasteiger partial charge in [0.2, 0.25) is 0 Å². The molecule has 0 bridgehead atoms. The van der Waals surface area contributed by atoms with Crippen LogP contribution in [0.15, 0.2) is 73.6 Å². The summed E-state index contributed by atoms with van der Waals surface area (Å²) in [6.07, 6.45) is 0.745. The van der Waals surface area contributed by atoms with E-state index >= 15 is 0 Å². The number of imidazole rings is 1. The number of amides is 1. The summed E-state index contributed by atoms with van der Waals surface area (Å²) in [6.45, 7) is 2.97. The molecule has 0 radical (unpaired) electrons. The van der Waals surface area contributed by atoms with Gasteiger partial charge in [-0.15, -0.1) is 0 Å². The predicted molar refractivity (Wildman–Crippen MR) is 109 cm³/mol. The molecule has 0 atom stereocenters. The zero-order valence-electron chi connectivity index (χ0n) is 16.2. The standard InChI is InChI=1S/C22H16F4N4O/c1-13(23)21(31)28-15-5-8-20-17(9-15)18(19-11-29(2)12-27-19)10-30(20)16-6-3-14(4-7-16)22(24,25)26/h3-12H,1H2,2H3,(H,28,31). The summed E-state index contributed by atoms with van der Waals surface area (Å²) >= 11 is 0. The third-order valence-corrected chi connectivity index (χ3v) is 4.76. The van der Waals surface area contributed by atoms with Crippen LogP contribution in [0.3, 0.4) is 0 Å². The van der Waals surface area contributed by atoms with Crippen molar-refractivity contribution in [1.29, 1.82) is 0 Å². The minimum Gasteiger partial charge on any atom is -0.340 e. The van der Waals surface area contributed by atoms with Crippen LogP contribution in [0.4, 0.5) is 23.2 Å². The summed E-state index contributed by atoms with van der Waals surface area (Å²) in [4.78, 5) is 16.0. The van der Waals surface area contributed by atoms with Crippen LogP contribution in [-0.4, -0.2) is 20.0 Å². The van der Waals surface area contributed by atoms with Gasteiger partial charge in [0.25, 0.3) is 5.91 Å². The van der Waals surface area contributed by atoms with E-state index in [9.17, 15) is 22.4 Å². The van der Waals surface area contributed by atoms with Crippen LogP contribution >= 0.6 is 0 Å². The Kier molecular flexibility index (Phi) is 4.88. The molecule has 0 aliphatic rings. The summed E-state index contributed by atoms with van der Waals surface area (Å²) in [5, 5.41) is 3.10. The van der Waals surface area contributed by atoms with Gasteiger partial charge in [0.1, 0.15) is 0 Å². The molecule has 4 aromatic rings. The summed E-state index contributed by atoms with van der Waals surface area (Å²) in [7, 11) is 1.81.